The van der Waals surface area contributed by atoms with Crippen molar-refractivity contribution in [3.63, 3.8) is 0 Å². The number of fused-ring (bicyclic) bond motifs is 3. The predicted molar refractivity (Wildman–Crippen MR) is 142 cm³/mol. The Hall–Kier alpha value is -3.66. The van der Waals surface area contributed by atoms with Gasteiger partial charge in [-0.05, 0) is 55.4 Å². The smallest absolute Gasteiger partial charge is 0.255 e. The fraction of sp³-hybridized carbons (Fsp3) is 0.345. The lowest BCUT2D eigenvalue weighted by molar-refractivity contribution is -0.144. The molecule has 0 radical (unpaired) electrons. The number of aliphatic hydroxyl groups is 3. The molecule has 0 aliphatic heterocycles. The number of amides is 1. The molecule has 3 aliphatic carbocycles. The van der Waals surface area contributed by atoms with Gasteiger partial charge in [-0.3, -0.25) is 14.4 Å². The molecule has 0 heterocycles. The number of carbonyl (C=O) groups excluding carboxylic acids is 3. The Morgan fingerprint density at radius 1 is 1.15 bits per heavy atom. The molecule has 39 heavy (non-hydrogen) atoms. The van der Waals surface area contributed by atoms with E-state index in [0.29, 0.717) is 22.7 Å². The summed E-state index contributed by atoms with van der Waals surface area (Å²) in [7, 11) is 0. The molecule has 7 N–H and O–H groups in total. The standard InChI is InChI=1S/C29H29ClN2O7/c1-28(2,15-6-4-3-5-7-15)32-12-14-10-18(33)21-17(23(14)30)9-13-8-16-11-19(34)22(27(31)38)26(37)29(16,39)25(36)20(13)24(21)35/h3-7,10,13,16,32-34,36,39H,8-9,11-12H2,1-2H3,(H2,31,38)/t13?,16-,29-/m0/s1. The molecule has 0 saturated heterocycles. The molecule has 9 nitrogen and oxygen atoms in total. The fourth-order valence-electron chi connectivity index (χ4n) is 6.12. The summed E-state index contributed by atoms with van der Waals surface area (Å²) in [6.07, 6.45) is -0.0901. The Morgan fingerprint density at radius 2 is 1.82 bits per heavy atom. The van der Waals surface area contributed by atoms with Crippen molar-refractivity contribution in [3.8, 4) is 5.75 Å². The first-order chi connectivity index (χ1) is 18.3. The second kappa shape index (κ2) is 9.22. The molecule has 204 valence electrons. The summed E-state index contributed by atoms with van der Waals surface area (Å²) >= 11 is 6.79. The fourth-order valence-corrected chi connectivity index (χ4v) is 6.42. The molecule has 3 aliphatic rings. The van der Waals surface area contributed by atoms with E-state index in [-0.39, 0.29) is 36.1 Å². The van der Waals surface area contributed by atoms with Crippen molar-refractivity contribution in [2.75, 3.05) is 0 Å². The summed E-state index contributed by atoms with van der Waals surface area (Å²) in [5, 5.41) is 47.4. The van der Waals surface area contributed by atoms with Gasteiger partial charge < -0.3 is 31.5 Å². The van der Waals surface area contributed by atoms with Crippen LogP contribution in [0.3, 0.4) is 0 Å². The number of phenolic OH excluding ortho intramolecular Hbond substituents is 1. The second-order valence-corrected chi connectivity index (χ2v) is 11.4. The summed E-state index contributed by atoms with van der Waals surface area (Å²) in [6, 6.07) is 11.2. The number of carbonyl (C=O) groups is 3. The third-order valence-corrected chi connectivity index (χ3v) is 8.76. The second-order valence-electron chi connectivity index (χ2n) is 11.0. The van der Waals surface area contributed by atoms with Crippen LogP contribution in [0.1, 0.15) is 53.7 Å². The first-order valence-corrected chi connectivity index (χ1v) is 13.0. The first kappa shape index (κ1) is 26.9. The van der Waals surface area contributed by atoms with Gasteiger partial charge in [-0.1, -0.05) is 41.9 Å². The Kier molecular flexibility index (Phi) is 6.37. The highest BCUT2D eigenvalue weighted by atomic mass is 35.5. The van der Waals surface area contributed by atoms with Crippen LogP contribution in [-0.4, -0.2) is 43.5 Å². The summed E-state index contributed by atoms with van der Waals surface area (Å²) in [6.45, 7) is 4.32. The number of primary amides is 1. The van der Waals surface area contributed by atoms with Gasteiger partial charge in [-0.25, -0.2) is 0 Å². The third-order valence-electron chi connectivity index (χ3n) is 8.29. The lowest BCUT2D eigenvalue weighted by Gasteiger charge is -2.45. The SMILES string of the molecule is CC(C)(NCc1cc(O)c2c(c1Cl)CC1C[C@H]3CC(O)=C(C(N)=O)C(=O)[C@@]3(O)C(O)=C1C2=O)c1ccccc1. The molecule has 0 fully saturated rings. The number of nitrogens with one attached hydrogen (secondary N) is 1. The number of phenols is 1. The molecule has 2 aromatic carbocycles. The number of benzene rings is 2. The first-order valence-electron chi connectivity index (χ1n) is 12.6. The zero-order valence-electron chi connectivity index (χ0n) is 21.4. The number of nitrogens with two attached hydrogens (primary N) is 1. The van der Waals surface area contributed by atoms with Gasteiger partial charge in [-0.15, -0.1) is 0 Å². The lowest BCUT2D eigenvalue weighted by atomic mass is 9.60. The maximum absolute atomic E-state index is 13.6. The van der Waals surface area contributed by atoms with Crippen molar-refractivity contribution < 1.29 is 34.8 Å². The zero-order valence-corrected chi connectivity index (χ0v) is 22.2. The van der Waals surface area contributed by atoms with Crippen LogP contribution in [0.25, 0.3) is 0 Å². The van der Waals surface area contributed by atoms with E-state index in [4.69, 9.17) is 17.3 Å². The van der Waals surface area contributed by atoms with Crippen molar-refractivity contribution in [1.82, 2.24) is 5.32 Å². The van der Waals surface area contributed by atoms with Crippen molar-refractivity contribution >= 4 is 29.1 Å². The highest BCUT2D eigenvalue weighted by molar-refractivity contribution is 6.33. The number of allylic oxidation sites excluding steroid dienone is 2. The van der Waals surface area contributed by atoms with Gasteiger partial charge >= 0.3 is 0 Å². The highest BCUT2D eigenvalue weighted by Gasteiger charge is 2.59. The molecule has 0 aromatic heterocycles. The lowest BCUT2D eigenvalue weighted by Crippen LogP contribution is -2.57. The Bertz CT molecular complexity index is 1490. The largest absolute Gasteiger partial charge is 0.511 e. The number of hydrogen-bond acceptors (Lipinski definition) is 8. The van der Waals surface area contributed by atoms with Gasteiger partial charge in [0.05, 0.1) is 5.56 Å². The van der Waals surface area contributed by atoms with Gasteiger partial charge in [-0.2, -0.15) is 0 Å². The number of aromatic hydroxyl groups is 1. The van der Waals surface area contributed by atoms with Gasteiger partial charge in [0.2, 0.25) is 5.78 Å². The van der Waals surface area contributed by atoms with Crippen LogP contribution in [0.15, 0.2) is 59.1 Å². The molecule has 1 unspecified atom stereocenters. The molecular weight excluding hydrogens is 524 g/mol. The highest BCUT2D eigenvalue weighted by Crippen LogP contribution is 2.52. The zero-order chi connectivity index (χ0) is 28.4. The quantitative estimate of drug-likeness (QED) is 0.307. The molecule has 2 aromatic rings. The number of hydrogen-bond donors (Lipinski definition) is 6. The van der Waals surface area contributed by atoms with Crippen LogP contribution < -0.4 is 11.1 Å². The van der Waals surface area contributed by atoms with Gasteiger partial charge in [0.1, 0.15) is 22.8 Å². The monoisotopic (exact) mass is 552 g/mol. The minimum atomic E-state index is -2.60. The number of halogens is 1. The van der Waals surface area contributed by atoms with Crippen LogP contribution in [0.5, 0.6) is 5.75 Å². The molecule has 0 bridgehead atoms. The van der Waals surface area contributed by atoms with E-state index in [9.17, 15) is 34.8 Å². The Balaban J connectivity index is 1.52. The molecular formula is C29H29ClN2O7. The normalized spacial score (nSPS) is 24.8. The maximum atomic E-state index is 13.6. The minimum Gasteiger partial charge on any atom is -0.511 e. The minimum absolute atomic E-state index is 0.0452. The van der Waals surface area contributed by atoms with Crippen LogP contribution >= 0.6 is 11.6 Å². The number of ketones is 2. The van der Waals surface area contributed by atoms with Crippen LogP contribution in [-0.2, 0) is 28.1 Å². The van der Waals surface area contributed by atoms with Crippen molar-refractivity contribution in [2.24, 2.45) is 17.6 Å². The van der Waals surface area contributed by atoms with E-state index in [0.717, 1.165) is 5.56 Å². The predicted octanol–water partition coefficient (Wildman–Crippen LogP) is 3.26. The van der Waals surface area contributed by atoms with Crippen LogP contribution in [0.2, 0.25) is 5.02 Å². The molecule has 5 rings (SSSR count). The number of Topliss-reactive ketones (excluding diaryl/α,β-unsaturated/α-hetero) is 2. The van der Waals surface area contributed by atoms with Crippen molar-refractivity contribution in [2.45, 2.75) is 50.8 Å². The average Bonchev–Trinajstić information content (AvgIpc) is 2.87. The summed E-state index contributed by atoms with van der Waals surface area (Å²) in [4.78, 5) is 38.4. The van der Waals surface area contributed by atoms with E-state index in [2.05, 4.69) is 5.32 Å². The number of rotatable bonds is 5. The van der Waals surface area contributed by atoms with E-state index < -0.39 is 57.5 Å². The topological polar surface area (TPSA) is 170 Å². The van der Waals surface area contributed by atoms with E-state index in [1.165, 1.54) is 6.07 Å². The summed E-state index contributed by atoms with van der Waals surface area (Å²) in [5.41, 5.74) is 3.11. The molecule has 0 spiro atoms. The van der Waals surface area contributed by atoms with E-state index >= 15 is 0 Å². The van der Waals surface area contributed by atoms with E-state index in [1.807, 2.05) is 44.2 Å². The van der Waals surface area contributed by atoms with Crippen LogP contribution in [0.4, 0.5) is 0 Å². The van der Waals surface area contributed by atoms with Gasteiger partial charge in [0, 0.05) is 35.0 Å². The summed E-state index contributed by atoms with van der Waals surface area (Å²) in [5.74, 6) is -6.70. The van der Waals surface area contributed by atoms with E-state index in [1.54, 1.807) is 0 Å². The number of aliphatic hydroxyl groups excluding tert-OH is 2. The molecule has 10 heteroatoms. The molecule has 0 saturated carbocycles. The summed E-state index contributed by atoms with van der Waals surface area (Å²) < 4.78 is 0. The van der Waals surface area contributed by atoms with Crippen molar-refractivity contribution in [1.29, 1.82) is 0 Å². The third kappa shape index (κ3) is 4.04. The Morgan fingerprint density at radius 3 is 2.46 bits per heavy atom. The van der Waals surface area contributed by atoms with Gasteiger partial charge in [0.15, 0.2) is 11.4 Å². The molecule has 3 atom stereocenters. The van der Waals surface area contributed by atoms with Crippen molar-refractivity contribution in [3.05, 3.63) is 86.3 Å². The van der Waals surface area contributed by atoms with Gasteiger partial charge in [0.25, 0.3) is 5.91 Å². The molecule has 1 amide bonds. The van der Waals surface area contributed by atoms with Crippen LogP contribution in [0, 0.1) is 11.8 Å². The Labute approximate surface area is 229 Å². The average molecular weight is 553 g/mol. The maximum Gasteiger partial charge on any atom is 0.255 e.